The normalized spacial score (nSPS) is 26.8. The summed E-state index contributed by atoms with van der Waals surface area (Å²) in [5, 5.41) is 14.5. The van der Waals surface area contributed by atoms with Crippen LogP contribution in [-0.4, -0.2) is 18.9 Å². The lowest BCUT2D eigenvalue weighted by Crippen LogP contribution is -3.13. The molecule has 2 aromatic rings. The molecule has 1 aromatic heterocycles. The average Bonchev–Trinajstić information content (AvgIpc) is 3.19. The number of quaternary nitrogens is 1. The Kier molecular flexibility index (Phi) is 4.59. The molecule has 4 nitrogen and oxygen atoms in total. The van der Waals surface area contributed by atoms with Crippen LogP contribution in [0, 0.1) is 11.8 Å². The van der Waals surface area contributed by atoms with E-state index in [1.54, 1.807) is 23.5 Å². The number of fused-ring (bicyclic) bond motifs is 1. The van der Waals surface area contributed by atoms with Gasteiger partial charge in [0.05, 0.1) is 18.7 Å². The van der Waals surface area contributed by atoms with Crippen molar-refractivity contribution in [1.82, 2.24) is 0 Å². The van der Waals surface area contributed by atoms with Crippen molar-refractivity contribution in [1.29, 1.82) is 0 Å². The molecule has 2 aliphatic heterocycles. The minimum Gasteiger partial charge on any atom is -0.872 e. The number of hydrogen-bond donors (Lipinski definition) is 1. The topological polar surface area (TPSA) is 53.8 Å². The van der Waals surface area contributed by atoms with Crippen molar-refractivity contribution in [2.24, 2.45) is 11.8 Å². The molecule has 1 N–H and O–H groups in total. The first-order chi connectivity index (χ1) is 12.5. The molecule has 2 atom stereocenters. The summed E-state index contributed by atoms with van der Waals surface area (Å²) in [6.45, 7) is 7.27. The number of benzene rings is 1. The summed E-state index contributed by atoms with van der Waals surface area (Å²) in [6.07, 6.45) is 3.00. The summed E-state index contributed by atoms with van der Waals surface area (Å²) in [5.41, 5.74) is 1.15. The van der Waals surface area contributed by atoms with Crippen LogP contribution in [0.25, 0.3) is 6.08 Å². The standard InChI is InChI=1S/C21H23NO3S/c1-13-8-14(2)11-22(10-13)12-17-18(23)6-5-16-20(24)19(25-21(16)17)9-15-4-3-7-26-15/h3-7,9,13-14,23H,8,10-12H2,1-2H3. The first-order valence-electron chi connectivity index (χ1n) is 9.15. The van der Waals surface area contributed by atoms with Gasteiger partial charge in [-0.25, -0.2) is 0 Å². The molecular formula is C21H23NO3S. The van der Waals surface area contributed by atoms with Gasteiger partial charge < -0.3 is 14.7 Å². The van der Waals surface area contributed by atoms with Gasteiger partial charge in [0.25, 0.3) is 0 Å². The van der Waals surface area contributed by atoms with Crippen LogP contribution in [0.3, 0.4) is 0 Å². The molecule has 0 aliphatic carbocycles. The van der Waals surface area contributed by atoms with E-state index in [0.717, 1.165) is 18.0 Å². The van der Waals surface area contributed by atoms with Gasteiger partial charge in [0.15, 0.2) is 5.76 Å². The molecule has 1 fully saturated rings. The number of nitrogens with one attached hydrogen (secondary N) is 1. The summed E-state index contributed by atoms with van der Waals surface area (Å²) < 4.78 is 5.90. The molecule has 1 aromatic carbocycles. The lowest BCUT2D eigenvalue weighted by atomic mass is 9.91. The minimum atomic E-state index is -0.134. The van der Waals surface area contributed by atoms with E-state index >= 15 is 0 Å². The zero-order valence-corrected chi connectivity index (χ0v) is 15.9. The highest BCUT2D eigenvalue weighted by Gasteiger charge is 2.32. The van der Waals surface area contributed by atoms with Crippen molar-refractivity contribution < 1.29 is 19.5 Å². The Morgan fingerprint density at radius 1 is 1.27 bits per heavy atom. The van der Waals surface area contributed by atoms with E-state index in [-0.39, 0.29) is 11.5 Å². The molecule has 26 heavy (non-hydrogen) atoms. The van der Waals surface area contributed by atoms with E-state index in [0.29, 0.717) is 41.0 Å². The van der Waals surface area contributed by atoms with Crippen LogP contribution in [0.15, 0.2) is 35.4 Å². The Balaban J connectivity index is 1.64. The van der Waals surface area contributed by atoms with Gasteiger partial charge in [-0.2, -0.15) is 0 Å². The number of likely N-dealkylation sites (tertiary alicyclic amines) is 1. The Morgan fingerprint density at radius 3 is 2.73 bits per heavy atom. The Hall–Kier alpha value is -2.11. The number of piperidine rings is 1. The number of carbonyl (C=O) groups is 1. The van der Waals surface area contributed by atoms with Crippen molar-refractivity contribution in [3.8, 4) is 11.5 Å². The second kappa shape index (κ2) is 6.89. The molecule has 2 unspecified atom stereocenters. The fourth-order valence-electron chi connectivity index (χ4n) is 4.28. The van der Waals surface area contributed by atoms with Crippen molar-refractivity contribution >= 4 is 23.2 Å². The van der Waals surface area contributed by atoms with Gasteiger partial charge in [0.2, 0.25) is 5.78 Å². The molecule has 0 bridgehead atoms. The maximum atomic E-state index is 12.7. The molecule has 4 rings (SSSR count). The lowest BCUT2D eigenvalue weighted by Gasteiger charge is -2.33. The van der Waals surface area contributed by atoms with Crippen molar-refractivity contribution in [3.05, 3.63) is 51.4 Å². The van der Waals surface area contributed by atoms with Crippen molar-refractivity contribution in [2.45, 2.75) is 26.8 Å². The smallest absolute Gasteiger partial charge is 0.232 e. The van der Waals surface area contributed by atoms with Crippen molar-refractivity contribution in [3.63, 3.8) is 0 Å². The first kappa shape index (κ1) is 17.3. The Morgan fingerprint density at radius 2 is 2.04 bits per heavy atom. The SMILES string of the molecule is CC1CC(C)C[NH+](Cc2c([O-])ccc3c2OC(=Cc2cccs2)C3=O)C1. The summed E-state index contributed by atoms with van der Waals surface area (Å²) >= 11 is 1.55. The number of rotatable bonds is 3. The van der Waals surface area contributed by atoms with Crippen LogP contribution in [0.2, 0.25) is 0 Å². The van der Waals surface area contributed by atoms with Gasteiger partial charge in [-0.1, -0.05) is 31.7 Å². The maximum absolute atomic E-state index is 12.7. The molecule has 1 saturated heterocycles. The van der Waals surface area contributed by atoms with Gasteiger partial charge in [-0.05, 0) is 23.9 Å². The first-order valence-corrected chi connectivity index (χ1v) is 10.0. The van der Waals surface area contributed by atoms with E-state index in [4.69, 9.17) is 4.74 Å². The van der Waals surface area contributed by atoms with E-state index in [9.17, 15) is 9.90 Å². The van der Waals surface area contributed by atoms with Crippen molar-refractivity contribution in [2.75, 3.05) is 13.1 Å². The molecular weight excluding hydrogens is 346 g/mol. The van der Waals surface area contributed by atoms with E-state index in [2.05, 4.69) is 13.8 Å². The highest BCUT2D eigenvalue weighted by molar-refractivity contribution is 7.10. The highest BCUT2D eigenvalue weighted by Crippen LogP contribution is 2.38. The van der Waals surface area contributed by atoms with Gasteiger partial charge in [0.1, 0.15) is 12.3 Å². The Labute approximate surface area is 157 Å². The summed E-state index contributed by atoms with van der Waals surface area (Å²) in [7, 11) is 0. The average molecular weight is 369 g/mol. The van der Waals surface area contributed by atoms with E-state index in [1.165, 1.54) is 17.4 Å². The molecule has 3 heterocycles. The third-order valence-corrected chi connectivity index (χ3v) is 6.04. The second-order valence-corrected chi connectivity index (χ2v) is 8.63. The number of carbonyl (C=O) groups excluding carboxylic acids is 1. The highest BCUT2D eigenvalue weighted by atomic mass is 32.1. The number of Topliss-reactive ketones (excluding diaryl/α,β-unsaturated/α-hetero) is 1. The molecule has 0 amide bonds. The number of ether oxygens (including phenoxy) is 1. The summed E-state index contributed by atoms with van der Waals surface area (Å²) in [6, 6.07) is 7.00. The molecule has 136 valence electrons. The number of hydrogen-bond acceptors (Lipinski definition) is 4. The third-order valence-electron chi connectivity index (χ3n) is 5.22. The summed E-state index contributed by atoms with van der Waals surface area (Å²) in [5.74, 6) is 1.92. The monoisotopic (exact) mass is 369 g/mol. The minimum absolute atomic E-state index is 0.0349. The number of ketones is 1. The van der Waals surface area contributed by atoms with Crippen LogP contribution in [0.4, 0.5) is 0 Å². The van der Waals surface area contributed by atoms with Gasteiger partial charge in [-0.3, -0.25) is 4.79 Å². The predicted molar refractivity (Wildman–Crippen MR) is 100 cm³/mol. The predicted octanol–water partition coefficient (Wildman–Crippen LogP) is 2.50. The molecule has 0 saturated carbocycles. The van der Waals surface area contributed by atoms with Gasteiger partial charge >= 0.3 is 0 Å². The maximum Gasteiger partial charge on any atom is 0.232 e. The van der Waals surface area contributed by atoms with E-state index in [1.807, 2.05) is 17.5 Å². The van der Waals surface area contributed by atoms with Gasteiger partial charge in [0, 0.05) is 28.4 Å². The van der Waals surface area contributed by atoms with Gasteiger partial charge in [-0.15, -0.1) is 11.3 Å². The largest absolute Gasteiger partial charge is 0.872 e. The molecule has 5 heteroatoms. The Bertz CT molecular complexity index is 846. The van der Waals surface area contributed by atoms with Crippen LogP contribution in [-0.2, 0) is 6.54 Å². The summed E-state index contributed by atoms with van der Waals surface area (Å²) in [4.78, 5) is 15.0. The second-order valence-electron chi connectivity index (χ2n) is 7.66. The quantitative estimate of drug-likeness (QED) is 0.846. The number of allylic oxidation sites excluding steroid dienone is 1. The lowest BCUT2D eigenvalue weighted by molar-refractivity contribution is -0.925. The molecule has 0 radical (unpaired) electrons. The van der Waals surface area contributed by atoms with Crippen LogP contribution >= 0.6 is 11.3 Å². The van der Waals surface area contributed by atoms with E-state index < -0.39 is 0 Å². The zero-order valence-electron chi connectivity index (χ0n) is 15.1. The molecule has 0 spiro atoms. The van der Waals surface area contributed by atoms with Crippen LogP contribution in [0.1, 0.15) is 41.1 Å². The van der Waals surface area contributed by atoms with Crippen LogP contribution < -0.4 is 14.7 Å². The van der Waals surface area contributed by atoms with Crippen LogP contribution in [0.5, 0.6) is 11.5 Å². The fraction of sp³-hybridized carbons (Fsp3) is 0.381. The zero-order chi connectivity index (χ0) is 18.3. The fourth-order valence-corrected chi connectivity index (χ4v) is 4.92. The molecule has 2 aliphatic rings. The number of thiophene rings is 1. The third kappa shape index (κ3) is 3.29.